The highest BCUT2D eigenvalue weighted by molar-refractivity contribution is 5.93. The van der Waals surface area contributed by atoms with E-state index in [0.29, 0.717) is 17.9 Å². The Balaban J connectivity index is 1.63. The van der Waals surface area contributed by atoms with Gasteiger partial charge in [0.15, 0.2) is 11.3 Å². The van der Waals surface area contributed by atoms with Gasteiger partial charge >= 0.3 is 0 Å². The Bertz CT molecular complexity index is 1170. The minimum atomic E-state index is -0.249. The molecule has 4 rings (SSSR count). The number of carbonyl (C=O) groups excluding carboxylic acids is 1. The van der Waals surface area contributed by atoms with Crippen LogP contribution in [-0.4, -0.2) is 40.1 Å². The molecule has 0 aromatic carbocycles. The average Bonchev–Trinajstić information content (AvgIpc) is 3.38. The van der Waals surface area contributed by atoms with Gasteiger partial charge in [-0.3, -0.25) is 14.2 Å². The van der Waals surface area contributed by atoms with Crippen molar-refractivity contribution in [2.45, 2.75) is 33.9 Å². The lowest BCUT2D eigenvalue weighted by Gasteiger charge is -2.05. The third kappa shape index (κ3) is 2.94. The Morgan fingerprint density at radius 3 is 2.68 bits per heavy atom. The van der Waals surface area contributed by atoms with Crippen molar-refractivity contribution in [1.29, 1.82) is 0 Å². The predicted octanol–water partition coefficient (Wildman–Crippen LogP) is 1.89. The fourth-order valence-corrected chi connectivity index (χ4v) is 3.21. The van der Waals surface area contributed by atoms with Gasteiger partial charge in [-0.1, -0.05) is 0 Å². The molecular weight excluding hydrogens is 356 g/mol. The second kappa shape index (κ2) is 6.91. The zero-order valence-corrected chi connectivity index (χ0v) is 16.3. The molecule has 0 aliphatic rings. The molecule has 0 fully saturated rings. The van der Waals surface area contributed by atoms with E-state index in [1.165, 1.54) is 0 Å². The van der Waals surface area contributed by atoms with E-state index in [4.69, 9.17) is 0 Å². The van der Waals surface area contributed by atoms with Crippen molar-refractivity contribution in [2.75, 3.05) is 0 Å². The van der Waals surface area contributed by atoms with Crippen LogP contribution in [0.1, 0.15) is 34.4 Å². The quantitative estimate of drug-likeness (QED) is 0.572. The molecule has 0 saturated heterocycles. The third-order valence-corrected chi connectivity index (χ3v) is 5.05. The summed E-state index contributed by atoms with van der Waals surface area (Å²) in [6, 6.07) is 3.57. The lowest BCUT2D eigenvalue weighted by molar-refractivity contribution is 0.0945. The zero-order chi connectivity index (χ0) is 19.8. The molecule has 0 atom stereocenters. The Morgan fingerprint density at radius 1 is 1.18 bits per heavy atom. The molecule has 0 spiro atoms. The molecule has 28 heavy (non-hydrogen) atoms. The predicted molar refractivity (Wildman–Crippen MR) is 104 cm³/mol. The standard InChI is InChI=1S/C19H22N8O/c1-5-26-13(3)15(11-23-26)17-6-7-20-18-8-16(24-27(17)18)19(28)21-9-14-10-22-25(4)12(14)2/h6-8,10-11H,5,9H2,1-4H3,(H,21,28). The number of carbonyl (C=O) groups is 1. The molecule has 0 aliphatic heterocycles. The van der Waals surface area contributed by atoms with Crippen molar-refractivity contribution in [2.24, 2.45) is 7.05 Å². The minimum absolute atomic E-state index is 0.249. The lowest BCUT2D eigenvalue weighted by atomic mass is 10.2. The molecule has 4 aromatic rings. The first-order valence-electron chi connectivity index (χ1n) is 9.12. The van der Waals surface area contributed by atoms with Crippen LogP contribution < -0.4 is 5.32 Å². The summed E-state index contributed by atoms with van der Waals surface area (Å²) < 4.78 is 5.39. The van der Waals surface area contributed by atoms with Gasteiger partial charge in [0.1, 0.15) is 0 Å². The van der Waals surface area contributed by atoms with Crippen LogP contribution in [0.2, 0.25) is 0 Å². The lowest BCUT2D eigenvalue weighted by Crippen LogP contribution is -2.23. The van der Waals surface area contributed by atoms with Gasteiger partial charge in [-0.15, -0.1) is 0 Å². The van der Waals surface area contributed by atoms with E-state index in [2.05, 4.69) is 25.6 Å². The maximum Gasteiger partial charge on any atom is 0.272 e. The van der Waals surface area contributed by atoms with Crippen molar-refractivity contribution in [3.8, 4) is 11.3 Å². The molecule has 144 valence electrons. The second-order valence-electron chi connectivity index (χ2n) is 6.65. The molecular formula is C19H22N8O. The molecule has 0 unspecified atom stereocenters. The number of nitrogens with one attached hydrogen (secondary N) is 1. The van der Waals surface area contributed by atoms with Crippen molar-refractivity contribution in [3.05, 3.63) is 53.4 Å². The molecule has 0 radical (unpaired) electrons. The Kier molecular flexibility index (Phi) is 4.42. The number of aryl methyl sites for hydroxylation is 2. The zero-order valence-electron chi connectivity index (χ0n) is 16.3. The monoisotopic (exact) mass is 378 g/mol. The number of aromatic nitrogens is 7. The van der Waals surface area contributed by atoms with E-state index in [1.54, 1.807) is 27.7 Å². The molecule has 0 saturated carbocycles. The molecule has 0 bridgehead atoms. The molecule has 9 heteroatoms. The van der Waals surface area contributed by atoms with Gasteiger partial charge in [0.25, 0.3) is 5.91 Å². The number of rotatable bonds is 5. The van der Waals surface area contributed by atoms with Crippen LogP contribution in [0.15, 0.2) is 30.7 Å². The highest BCUT2D eigenvalue weighted by Gasteiger charge is 2.17. The van der Waals surface area contributed by atoms with Gasteiger partial charge in [0, 0.05) is 54.9 Å². The largest absolute Gasteiger partial charge is 0.346 e. The van der Waals surface area contributed by atoms with Crippen LogP contribution in [-0.2, 0) is 20.1 Å². The van der Waals surface area contributed by atoms with Crippen molar-refractivity contribution >= 4 is 11.6 Å². The molecule has 1 amide bonds. The molecule has 1 N–H and O–H groups in total. The summed E-state index contributed by atoms with van der Waals surface area (Å²) in [5.74, 6) is -0.249. The maximum atomic E-state index is 12.6. The van der Waals surface area contributed by atoms with E-state index >= 15 is 0 Å². The molecule has 0 aliphatic carbocycles. The highest BCUT2D eigenvalue weighted by Crippen LogP contribution is 2.23. The fraction of sp³-hybridized carbons (Fsp3) is 0.316. The summed E-state index contributed by atoms with van der Waals surface area (Å²) in [6.07, 6.45) is 5.29. The topological polar surface area (TPSA) is 94.9 Å². The van der Waals surface area contributed by atoms with E-state index in [9.17, 15) is 4.79 Å². The van der Waals surface area contributed by atoms with Crippen molar-refractivity contribution < 1.29 is 4.79 Å². The van der Waals surface area contributed by atoms with E-state index < -0.39 is 0 Å². The SMILES string of the molecule is CCn1ncc(-c2ccnc3cc(C(=O)NCc4cnn(C)c4C)nn23)c1C. The number of hydrogen-bond donors (Lipinski definition) is 1. The number of hydrogen-bond acceptors (Lipinski definition) is 5. The number of nitrogens with zero attached hydrogens (tertiary/aromatic N) is 7. The number of amides is 1. The van der Waals surface area contributed by atoms with E-state index in [0.717, 1.165) is 34.8 Å². The van der Waals surface area contributed by atoms with Crippen LogP contribution in [0, 0.1) is 13.8 Å². The normalized spacial score (nSPS) is 11.3. The van der Waals surface area contributed by atoms with Crippen LogP contribution in [0.25, 0.3) is 16.9 Å². The third-order valence-electron chi connectivity index (χ3n) is 5.05. The van der Waals surface area contributed by atoms with Gasteiger partial charge in [0.2, 0.25) is 0 Å². The number of fused-ring (bicyclic) bond motifs is 1. The van der Waals surface area contributed by atoms with Crippen molar-refractivity contribution in [1.82, 2.24) is 39.5 Å². The van der Waals surface area contributed by atoms with Gasteiger partial charge in [-0.25, -0.2) is 9.50 Å². The van der Waals surface area contributed by atoms with E-state index in [1.807, 2.05) is 44.8 Å². The van der Waals surface area contributed by atoms with Crippen molar-refractivity contribution in [3.63, 3.8) is 0 Å². The average molecular weight is 378 g/mol. The Hall–Kier alpha value is -3.49. The maximum absolute atomic E-state index is 12.6. The molecule has 4 aromatic heterocycles. The first kappa shape index (κ1) is 17.9. The minimum Gasteiger partial charge on any atom is -0.346 e. The van der Waals surface area contributed by atoms with Crippen LogP contribution >= 0.6 is 0 Å². The smallest absolute Gasteiger partial charge is 0.272 e. The molecule has 9 nitrogen and oxygen atoms in total. The van der Waals surface area contributed by atoms with Crippen LogP contribution in [0.5, 0.6) is 0 Å². The summed E-state index contributed by atoms with van der Waals surface area (Å²) in [5, 5.41) is 16.0. The summed E-state index contributed by atoms with van der Waals surface area (Å²) >= 11 is 0. The van der Waals surface area contributed by atoms with Gasteiger partial charge in [-0.2, -0.15) is 15.3 Å². The second-order valence-corrected chi connectivity index (χ2v) is 6.65. The first-order chi connectivity index (χ1) is 13.5. The highest BCUT2D eigenvalue weighted by atomic mass is 16.1. The van der Waals surface area contributed by atoms with E-state index in [-0.39, 0.29) is 5.91 Å². The van der Waals surface area contributed by atoms with Gasteiger partial charge in [-0.05, 0) is 26.8 Å². The van der Waals surface area contributed by atoms with Crippen LogP contribution in [0.4, 0.5) is 0 Å². The Labute approximate surface area is 162 Å². The first-order valence-corrected chi connectivity index (χ1v) is 9.12. The van der Waals surface area contributed by atoms with Crippen LogP contribution in [0.3, 0.4) is 0 Å². The summed E-state index contributed by atoms with van der Waals surface area (Å²) in [6.45, 7) is 7.22. The van der Waals surface area contributed by atoms with Gasteiger partial charge in [0.05, 0.1) is 18.1 Å². The summed E-state index contributed by atoms with van der Waals surface area (Å²) in [4.78, 5) is 17.0. The Morgan fingerprint density at radius 2 is 2.00 bits per heavy atom. The summed E-state index contributed by atoms with van der Waals surface area (Å²) in [7, 11) is 1.87. The summed E-state index contributed by atoms with van der Waals surface area (Å²) in [5.41, 5.74) is 5.79. The molecule has 4 heterocycles. The van der Waals surface area contributed by atoms with Gasteiger partial charge < -0.3 is 5.32 Å². The fourth-order valence-electron chi connectivity index (χ4n) is 3.21.